The molecule has 2 aromatic carbocycles. The first-order valence-electron chi connectivity index (χ1n) is 10.5. The quantitative estimate of drug-likeness (QED) is 0.470. The SMILES string of the molecule is COc1ccc(-n2nc3c(c2NC(=O)/C=C\c2cc(OC)c(OC)c(OC)c2)CS(=O)(=O)C3)cc1. The lowest BCUT2D eigenvalue weighted by atomic mass is 10.1. The van der Waals surface area contributed by atoms with Crippen LogP contribution in [0.25, 0.3) is 11.8 Å². The van der Waals surface area contributed by atoms with Crippen LogP contribution < -0.4 is 24.3 Å². The Bertz CT molecular complexity index is 1370. The van der Waals surface area contributed by atoms with Crippen molar-refractivity contribution in [1.29, 1.82) is 0 Å². The number of methoxy groups -OCH3 is 4. The summed E-state index contributed by atoms with van der Waals surface area (Å²) >= 11 is 0. The fourth-order valence-corrected chi connectivity index (χ4v) is 5.30. The average molecular weight is 500 g/mol. The zero-order valence-electron chi connectivity index (χ0n) is 19.7. The Hall–Kier alpha value is -3.99. The molecule has 1 amide bonds. The Morgan fingerprint density at radius 3 is 2.20 bits per heavy atom. The van der Waals surface area contributed by atoms with Crippen molar-refractivity contribution in [3.05, 3.63) is 59.3 Å². The van der Waals surface area contributed by atoms with Gasteiger partial charge in [0.1, 0.15) is 11.6 Å². The molecule has 0 radical (unpaired) electrons. The molecule has 0 saturated carbocycles. The summed E-state index contributed by atoms with van der Waals surface area (Å²) in [5, 5.41) is 7.26. The standard InChI is InChI=1S/C24H25N3O7S/c1-31-17-8-6-16(7-9-17)27-24(18-13-35(29,30)14-19(18)26-27)25-22(28)10-5-15-11-20(32-2)23(34-4)21(12-15)33-3/h5-12H,13-14H2,1-4H3,(H,25,28)/b10-5-. The Balaban J connectivity index is 1.65. The van der Waals surface area contributed by atoms with Crippen molar-refractivity contribution in [3.63, 3.8) is 0 Å². The monoisotopic (exact) mass is 499 g/mol. The van der Waals surface area contributed by atoms with Crippen LogP contribution in [-0.4, -0.2) is 52.5 Å². The number of ether oxygens (including phenoxy) is 4. The molecule has 11 heteroatoms. The second-order valence-corrected chi connectivity index (χ2v) is 9.76. The average Bonchev–Trinajstić information content (AvgIpc) is 3.33. The first-order chi connectivity index (χ1) is 16.8. The fourth-order valence-electron chi connectivity index (χ4n) is 3.81. The van der Waals surface area contributed by atoms with Crippen LogP contribution in [0.15, 0.2) is 42.5 Å². The van der Waals surface area contributed by atoms with Crippen LogP contribution in [0.3, 0.4) is 0 Å². The molecular formula is C24H25N3O7S. The summed E-state index contributed by atoms with van der Waals surface area (Å²) in [7, 11) is 2.77. The van der Waals surface area contributed by atoms with E-state index in [0.717, 1.165) is 0 Å². The molecule has 35 heavy (non-hydrogen) atoms. The van der Waals surface area contributed by atoms with Gasteiger partial charge < -0.3 is 24.3 Å². The lowest BCUT2D eigenvalue weighted by Crippen LogP contribution is -2.14. The van der Waals surface area contributed by atoms with Crippen LogP contribution >= 0.6 is 0 Å². The van der Waals surface area contributed by atoms with Gasteiger partial charge in [-0.3, -0.25) is 4.79 Å². The predicted octanol–water partition coefficient (Wildman–Crippen LogP) is 2.99. The molecule has 2 heterocycles. The number of hydrogen-bond acceptors (Lipinski definition) is 8. The molecule has 1 N–H and O–H groups in total. The summed E-state index contributed by atoms with van der Waals surface area (Å²) in [5.74, 6) is 1.50. The number of rotatable bonds is 8. The highest BCUT2D eigenvalue weighted by Crippen LogP contribution is 2.38. The minimum absolute atomic E-state index is 0.171. The summed E-state index contributed by atoms with van der Waals surface area (Å²) in [5.41, 5.74) is 2.20. The normalized spacial score (nSPS) is 13.9. The van der Waals surface area contributed by atoms with Crippen molar-refractivity contribution in [2.75, 3.05) is 33.8 Å². The van der Waals surface area contributed by atoms with Gasteiger partial charge in [-0.05, 0) is 48.0 Å². The molecule has 0 unspecified atom stereocenters. The molecule has 3 aromatic rings. The Morgan fingerprint density at radius 2 is 1.63 bits per heavy atom. The summed E-state index contributed by atoms with van der Waals surface area (Å²) in [6.45, 7) is 0. The van der Waals surface area contributed by atoms with E-state index in [9.17, 15) is 13.2 Å². The molecule has 0 saturated heterocycles. The van der Waals surface area contributed by atoms with Crippen molar-refractivity contribution >= 4 is 27.6 Å². The van der Waals surface area contributed by atoms with E-state index >= 15 is 0 Å². The number of anilines is 1. The maximum atomic E-state index is 12.9. The van der Waals surface area contributed by atoms with E-state index in [1.165, 1.54) is 32.1 Å². The van der Waals surface area contributed by atoms with Gasteiger partial charge in [-0.1, -0.05) is 0 Å². The molecule has 0 atom stereocenters. The molecule has 184 valence electrons. The number of hydrogen-bond donors (Lipinski definition) is 1. The fraction of sp³-hybridized carbons (Fsp3) is 0.250. The Morgan fingerprint density at radius 1 is 0.971 bits per heavy atom. The number of aromatic nitrogens is 2. The van der Waals surface area contributed by atoms with Gasteiger partial charge >= 0.3 is 0 Å². The molecule has 1 aliphatic rings. The third-order valence-corrected chi connectivity index (χ3v) is 6.90. The number of amides is 1. The largest absolute Gasteiger partial charge is 0.497 e. The first-order valence-corrected chi connectivity index (χ1v) is 12.4. The Kier molecular flexibility index (Phi) is 6.70. The van der Waals surface area contributed by atoms with E-state index in [1.54, 1.807) is 49.6 Å². The molecule has 0 aliphatic carbocycles. The number of carbonyl (C=O) groups excluding carboxylic acids is 1. The number of sulfone groups is 1. The van der Waals surface area contributed by atoms with E-state index in [0.29, 0.717) is 51.3 Å². The smallest absolute Gasteiger partial charge is 0.249 e. The van der Waals surface area contributed by atoms with E-state index in [2.05, 4.69) is 10.4 Å². The van der Waals surface area contributed by atoms with Crippen LogP contribution in [0.2, 0.25) is 0 Å². The zero-order chi connectivity index (χ0) is 25.2. The van der Waals surface area contributed by atoms with E-state index in [4.69, 9.17) is 18.9 Å². The summed E-state index contributed by atoms with van der Waals surface area (Å²) in [6.07, 6.45) is 2.92. The maximum Gasteiger partial charge on any atom is 0.249 e. The molecule has 0 bridgehead atoms. The van der Waals surface area contributed by atoms with Crippen LogP contribution in [0.5, 0.6) is 23.0 Å². The van der Waals surface area contributed by atoms with Gasteiger partial charge in [-0.25, -0.2) is 13.1 Å². The van der Waals surface area contributed by atoms with Crippen molar-refractivity contribution in [3.8, 4) is 28.7 Å². The molecule has 1 aromatic heterocycles. The maximum absolute atomic E-state index is 12.9. The molecule has 0 spiro atoms. The summed E-state index contributed by atoms with van der Waals surface area (Å²) in [4.78, 5) is 12.9. The predicted molar refractivity (Wildman–Crippen MR) is 130 cm³/mol. The van der Waals surface area contributed by atoms with Gasteiger partial charge in [-0.15, -0.1) is 0 Å². The van der Waals surface area contributed by atoms with Gasteiger partial charge in [0.2, 0.25) is 11.7 Å². The van der Waals surface area contributed by atoms with Gasteiger partial charge in [0.15, 0.2) is 21.3 Å². The lowest BCUT2D eigenvalue weighted by molar-refractivity contribution is -0.111. The minimum Gasteiger partial charge on any atom is -0.497 e. The molecular weight excluding hydrogens is 474 g/mol. The Labute approximate surface area is 203 Å². The third-order valence-electron chi connectivity index (χ3n) is 5.46. The second-order valence-electron chi connectivity index (χ2n) is 7.70. The molecule has 10 nitrogen and oxygen atoms in total. The molecule has 0 fully saturated rings. The highest BCUT2D eigenvalue weighted by Gasteiger charge is 2.33. The van der Waals surface area contributed by atoms with E-state index < -0.39 is 15.7 Å². The molecule has 4 rings (SSSR count). The van der Waals surface area contributed by atoms with Gasteiger partial charge in [0.25, 0.3) is 0 Å². The van der Waals surface area contributed by atoms with Crippen LogP contribution in [0.4, 0.5) is 5.82 Å². The number of nitrogens with one attached hydrogen (secondary N) is 1. The zero-order valence-corrected chi connectivity index (χ0v) is 20.5. The third kappa shape index (κ3) is 4.94. The van der Waals surface area contributed by atoms with Crippen molar-refractivity contribution in [1.82, 2.24) is 9.78 Å². The lowest BCUT2D eigenvalue weighted by Gasteiger charge is -2.13. The number of carbonyl (C=O) groups is 1. The van der Waals surface area contributed by atoms with Gasteiger partial charge in [0, 0.05) is 11.6 Å². The number of fused-ring (bicyclic) bond motifs is 1. The summed E-state index contributed by atoms with van der Waals surface area (Å²) < 4.78 is 47.1. The van der Waals surface area contributed by atoms with Crippen molar-refractivity contribution in [2.45, 2.75) is 11.5 Å². The highest BCUT2D eigenvalue weighted by molar-refractivity contribution is 7.90. The minimum atomic E-state index is -3.31. The number of benzene rings is 2. The first kappa shape index (κ1) is 24.1. The summed E-state index contributed by atoms with van der Waals surface area (Å²) in [6, 6.07) is 10.5. The van der Waals surface area contributed by atoms with Crippen LogP contribution in [-0.2, 0) is 26.1 Å². The molecule has 1 aliphatic heterocycles. The van der Waals surface area contributed by atoms with Crippen LogP contribution in [0.1, 0.15) is 16.8 Å². The highest BCUT2D eigenvalue weighted by atomic mass is 32.2. The topological polar surface area (TPSA) is 118 Å². The van der Waals surface area contributed by atoms with Gasteiger partial charge in [-0.2, -0.15) is 5.10 Å². The van der Waals surface area contributed by atoms with Crippen molar-refractivity contribution < 1.29 is 32.2 Å². The van der Waals surface area contributed by atoms with E-state index in [1.807, 2.05) is 0 Å². The second kappa shape index (κ2) is 9.71. The van der Waals surface area contributed by atoms with E-state index in [-0.39, 0.29) is 11.5 Å². The number of nitrogens with zero attached hydrogens (tertiary/aromatic N) is 2. The van der Waals surface area contributed by atoms with Gasteiger partial charge in [0.05, 0.1) is 51.3 Å². The van der Waals surface area contributed by atoms with Crippen molar-refractivity contribution in [2.24, 2.45) is 0 Å². The van der Waals surface area contributed by atoms with Crippen LogP contribution in [0, 0.1) is 0 Å².